The second-order valence-corrected chi connectivity index (χ2v) is 21.8. The van der Waals surface area contributed by atoms with Crippen LogP contribution < -0.4 is 20.9 Å². The number of fused-ring (bicyclic) bond motifs is 9. The average Bonchev–Trinajstić information content (AvgIpc) is 3.92. The highest BCUT2D eigenvalue weighted by Gasteiger charge is 2.76. The van der Waals surface area contributed by atoms with Crippen LogP contribution in [0.1, 0.15) is 99.3 Å². The Bertz CT molecular complexity index is 2960. The van der Waals surface area contributed by atoms with E-state index in [0.29, 0.717) is 36.1 Å². The Hall–Kier alpha value is -6.81. The van der Waals surface area contributed by atoms with Crippen molar-refractivity contribution in [3.63, 3.8) is 0 Å². The van der Waals surface area contributed by atoms with Gasteiger partial charge in [-0.05, 0) is 85.4 Å². The molecule has 10 rings (SSSR count). The Kier molecular flexibility index (Phi) is 14.0. The van der Waals surface area contributed by atoms with E-state index in [1.165, 1.54) is 0 Å². The maximum Gasteiger partial charge on any atom is 0.303 e. The standard InChI is InChI=1S/C58H62N4O13/c1-55-24-23-40(64)25-39(55)17-18-41-42-26-47-58(46(66)31-63,56(42,2)28-45(65)52(41)55)75-54(74-47)37-13-11-34(12-14-37)27-57(32-73-33-57)61-53(72)43(19-22-51(70)71)60-49(68)29-59-48(67)20-21-50(69)62-30-38-9-4-3-7-35(38)15-16-36-8-5-6-10-44(36)62/h3-14,23-25,41-43,45,47,52,54,63,65H,17-22,26-33H2,1-2H3,(H,59,67)(H,60,68)(H,61,72)(H,70,71)/t41-,42-,43-,45-,47+,52+,54+,55-,56-,58+/m0/s1. The first-order valence-corrected chi connectivity index (χ1v) is 25.8. The van der Waals surface area contributed by atoms with Crippen LogP contribution in [0, 0.1) is 40.4 Å². The third kappa shape index (κ3) is 9.52. The monoisotopic (exact) mass is 1020 g/mol. The van der Waals surface area contributed by atoms with E-state index in [4.69, 9.17) is 14.2 Å². The van der Waals surface area contributed by atoms with Crippen LogP contribution in [-0.4, -0.2) is 112 Å². The van der Waals surface area contributed by atoms with Gasteiger partial charge in [0.25, 0.3) is 0 Å². The van der Waals surface area contributed by atoms with Crippen LogP contribution in [0.25, 0.3) is 0 Å². The summed E-state index contributed by atoms with van der Waals surface area (Å²) in [6, 6.07) is 20.9. The van der Waals surface area contributed by atoms with E-state index in [2.05, 4.69) is 34.7 Å². The molecule has 4 amide bonds. The Labute approximate surface area is 434 Å². The van der Waals surface area contributed by atoms with Crippen molar-refractivity contribution < 1.29 is 63.1 Å². The maximum absolute atomic E-state index is 14.1. The fraction of sp³-hybridized carbons (Fsp3) is 0.466. The van der Waals surface area contributed by atoms with Crippen LogP contribution in [-0.2, 0) is 60.7 Å². The van der Waals surface area contributed by atoms with Gasteiger partial charge in [-0.2, -0.15) is 0 Å². The highest BCUT2D eigenvalue weighted by atomic mass is 16.7. The SMILES string of the molecule is C[C@]12C=CC(=O)C=C1CC[C@@H]1[C@@H]2[C@@H](O)C[C@@]2(C)[C@H]1C[C@H]1O[C@@H](c3ccc(CC4(NC(=O)[C@H](CCC(=O)O)NC(=O)CNC(=O)CCC(=O)N5Cc6ccccc6C#Cc6ccccc65)COC4)cc3)O[C@]12C(=O)CO. The number of rotatable bonds is 16. The number of carbonyl (C=O) groups is 7. The predicted octanol–water partition coefficient (Wildman–Crippen LogP) is 3.91. The quantitative estimate of drug-likeness (QED) is 0.112. The molecule has 5 fully saturated rings. The van der Waals surface area contributed by atoms with E-state index in [9.17, 15) is 48.9 Å². The number of amides is 4. The van der Waals surface area contributed by atoms with Crippen molar-refractivity contribution in [2.75, 3.05) is 31.3 Å². The molecule has 75 heavy (non-hydrogen) atoms. The molecule has 3 heterocycles. The predicted molar refractivity (Wildman–Crippen MR) is 270 cm³/mol. The van der Waals surface area contributed by atoms with Crippen molar-refractivity contribution in [3.05, 3.63) is 124 Å². The summed E-state index contributed by atoms with van der Waals surface area (Å²) in [6.45, 7) is 3.32. The van der Waals surface area contributed by atoms with Gasteiger partial charge in [0, 0.05) is 59.1 Å². The number of benzene rings is 3. The second kappa shape index (κ2) is 20.4. The lowest BCUT2D eigenvalue weighted by Gasteiger charge is -2.59. The summed E-state index contributed by atoms with van der Waals surface area (Å²) in [4.78, 5) is 93.4. The van der Waals surface area contributed by atoms with Gasteiger partial charge < -0.3 is 50.4 Å². The smallest absolute Gasteiger partial charge is 0.303 e. The molecule has 17 nitrogen and oxygen atoms in total. The Morgan fingerprint density at radius 3 is 2.37 bits per heavy atom. The normalized spacial score (nSPS) is 29.8. The molecule has 7 aliphatic rings. The van der Waals surface area contributed by atoms with Crippen molar-refractivity contribution in [2.24, 2.45) is 28.6 Å². The number of nitrogens with zero attached hydrogens (tertiary/aromatic N) is 1. The van der Waals surface area contributed by atoms with Gasteiger partial charge in [0.2, 0.25) is 23.6 Å². The van der Waals surface area contributed by atoms with Gasteiger partial charge in [-0.1, -0.05) is 91.9 Å². The molecule has 17 heteroatoms. The lowest BCUT2D eigenvalue weighted by atomic mass is 9.46. The number of anilines is 1. The third-order valence-electron chi connectivity index (χ3n) is 17.2. The van der Waals surface area contributed by atoms with E-state index in [0.717, 1.165) is 28.7 Å². The number of carboxylic acid groups (broad SMARTS) is 1. The first-order valence-electron chi connectivity index (χ1n) is 25.8. The minimum absolute atomic E-state index is 0.0170. The van der Waals surface area contributed by atoms with E-state index >= 15 is 0 Å². The van der Waals surface area contributed by atoms with Gasteiger partial charge in [0.05, 0.1) is 49.7 Å². The molecule has 3 saturated carbocycles. The van der Waals surface area contributed by atoms with Gasteiger partial charge in [-0.25, -0.2) is 0 Å². The molecule has 0 unspecified atom stereocenters. The molecule has 0 spiro atoms. The largest absolute Gasteiger partial charge is 0.481 e. The molecular weight excluding hydrogens is 961 g/mol. The van der Waals surface area contributed by atoms with Gasteiger partial charge >= 0.3 is 5.97 Å². The number of aliphatic carboxylic acids is 1. The molecule has 0 bridgehead atoms. The van der Waals surface area contributed by atoms with Gasteiger partial charge in [-0.3, -0.25) is 33.6 Å². The number of ketones is 2. The molecule has 392 valence electrons. The molecule has 10 atom stereocenters. The zero-order valence-electron chi connectivity index (χ0n) is 42.0. The number of aliphatic hydroxyl groups is 2. The zero-order valence-corrected chi connectivity index (χ0v) is 42.0. The zero-order chi connectivity index (χ0) is 52.9. The highest BCUT2D eigenvalue weighted by molar-refractivity contribution is 6.01. The molecular formula is C58H62N4O13. The second-order valence-electron chi connectivity index (χ2n) is 21.8. The summed E-state index contributed by atoms with van der Waals surface area (Å²) < 4.78 is 19.0. The first-order chi connectivity index (χ1) is 36.0. The van der Waals surface area contributed by atoms with Crippen LogP contribution in [0.3, 0.4) is 0 Å². The van der Waals surface area contributed by atoms with Crippen LogP contribution in [0.15, 0.2) is 96.6 Å². The van der Waals surface area contributed by atoms with Gasteiger partial charge in [0.1, 0.15) is 12.6 Å². The summed E-state index contributed by atoms with van der Waals surface area (Å²) in [5.41, 5.74) is 1.63. The minimum atomic E-state index is -1.52. The van der Waals surface area contributed by atoms with Crippen molar-refractivity contribution in [2.45, 2.75) is 114 Å². The molecule has 0 radical (unpaired) electrons. The highest BCUT2D eigenvalue weighted by Crippen LogP contribution is 2.70. The van der Waals surface area contributed by atoms with Gasteiger partial charge in [0.15, 0.2) is 23.5 Å². The molecule has 0 aromatic heterocycles. The minimum Gasteiger partial charge on any atom is -0.481 e. The summed E-state index contributed by atoms with van der Waals surface area (Å²) in [5, 5.41) is 40.0. The summed E-state index contributed by atoms with van der Waals surface area (Å²) in [5.74, 6) is 2.16. The number of hydrogen-bond donors (Lipinski definition) is 6. The third-order valence-corrected chi connectivity index (χ3v) is 17.2. The fourth-order valence-corrected chi connectivity index (χ4v) is 13.5. The number of allylic oxidation sites excluding steroid dienone is 4. The number of aliphatic hydroxyl groups excluding tert-OH is 2. The molecule has 3 aliphatic heterocycles. The molecule has 6 N–H and O–H groups in total. The van der Waals surface area contributed by atoms with Crippen LogP contribution in [0.2, 0.25) is 0 Å². The lowest BCUT2D eigenvalue weighted by Crippen LogP contribution is -2.66. The first kappa shape index (κ1) is 51.7. The maximum atomic E-state index is 14.1. The number of para-hydroxylation sites is 1. The van der Waals surface area contributed by atoms with E-state index in [1.807, 2.05) is 79.7 Å². The molecule has 3 aromatic carbocycles. The summed E-state index contributed by atoms with van der Waals surface area (Å²) in [7, 11) is 0. The number of carboxylic acids is 1. The van der Waals surface area contributed by atoms with E-state index < -0.39 is 95.6 Å². The van der Waals surface area contributed by atoms with E-state index in [-0.39, 0.29) is 74.9 Å². The molecule has 3 aromatic rings. The number of hydrogen-bond acceptors (Lipinski definition) is 12. The van der Waals surface area contributed by atoms with Crippen molar-refractivity contribution in [1.29, 1.82) is 0 Å². The lowest BCUT2D eigenvalue weighted by molar-refractivity contribution is -0.201. The number of ether oxygens (including phenoxy) is 3. The van der Waals surface area contributed by atoms with Crippen LogP contribution in [0.4, 0.5) is 5.69 Å². The Morgan fingerprint density at radius 2 is 1.64 bits per heavy atom. The van der Waals surface area contributed by atoms with Crippen molar-refractivity contribution in [3.8, 4) is 11.8 Å². The summed E-state index contributed by atoms with van der Waals surface area (Å²) >= 11 is 0. The van der Waals surface area contributed by atoms with Crippen LogP contribution in [0.5, 0.6) is 0 Å². The molecule has 2 saturated heterocycles. The topological polar surface area (TPSA) is 247 Å². The Balaban J connectivity index is 0.750. The Morgan fingerprint density at radius 1 is 0.907 bits per heavy atom. The molecule has 4 aliphatic carbocycles. The van der Waals surface area contributed by atoms with E-state index in [1.54, 1.807) is 23.1 Å². The van der Waals surface area contributed by atoms with Crippen molar-refractivity contribution in [1.82, 2.24) is 16.0 Å². The number of carbonyl (C=O) groups excluding carboxylic acids is 6. The van der Waals surface area contributed by atoms with Crippen molar-refractivity contribution >= 4 is 46.9 Å². The van der Waals surface area contributed by atoms with Gasteiger partial charge in [-0.15, -0.1) is 0 Å². The fourth-order valence-electron chi connectivity index (χ4n) is 13.5. The average molecular weight is 1020 g/mol. The number of nitrogens with one attached hydrogen (secondary N) is 3. The summed E-state index contributed by atoms with van der Waals surface area (Å²) in [6.07, 6.45) is 4.25. The number of Topliss-reactive ketones (excluding diaryl/α,β-unsaturated/α-hetero) is 1. The van der Waals surface area contributed by atoms with Crippen LogP contribution >= 0.6 is 0 Å².